The number of nitrogens with zero attached hydrogens (tertiary/aromatic N) is 2. The Labute approximate surface area is 88.7 Å². The highest BCUT2D eigenvalue weighted by Crippen LogP contribution is 2.22. The van der Waals surface area contributed by atoms with Gasteiger partial charge in [0.05, 0.1) is 0 Å². The average Bonchev–Trinajstić information content (AvgIpc) is 2.51. The molecular formula is C5H6ClN3O3S2. The van der Waals surface area contributed by atoms with Gasteiger partial charge in [-0.2, -0.15) is 0 Å². The molecule has 0 fully saturated rings. The minimum Gasteiger partial charge on any atom is -0.301 e. The Morgan fingerprint density at radius 2 is 2.21 bits per heavy atom. The molecule has 0 saturated carbocycles. The van der Waals surface area contributed by atoms with Gasteiger partial charge in [0.25, 0.3) is 9.05 Å². The van der Waals surface area contributed by atoms with E-state index in [1.807, 2.05) is 0 Å². The topological polar surface area (TPSA) is 89.0 Å². The van der Waals surface area contributed by atoms with Crippen molar-refractivity contribution in [2.75, 3.05) is 5.32 Å². The lowest BCUT2D eigenvalue weighted by Crippen LogP contribution is -2.08. The van der Waals surface area contributed by atoms with Crippen molar-refractivity contribution >= 4 is 42.1 Å². The van der Waals surface area contributed by atoms with Gasteiger partial charge in [-0.05, 0) is 0 Å². The van der Waals surface area contributed by atoms with Crippen molar-refractivity contribution in [3.63, 3.8) is 0 Å². The number of anilines is 1. The Morgan fingerprint density at radius 1 is 1.57 bits per heavy atom. The molecule has 0 spiro atoms. The fraction of sp³-hybridized carbons (Fsp3) is 0.400. The fourth-order valence-corrected chi connectivity index (χ4v) is 2.21. The van der Waals surface area contributed by atoms with Crippen LogP contribution in [-0.2, 0) is 13.8 Å². The van der Waals surface area contributed by atoms with E-state index in [0.29, 0.717) is 11.3 Å². The summed E-state index contributed by atoms with van der Waals surface area (Å²) >= 11 is 0.709. The number of carbonyl (C=O) groups is 1. The summed E-state index contributed by atoms with van der Waals surface area (Å²) in [5.74, 6) is -0.264. The molecule has 1 rings (SSSR count). The third kappa shape index (κ3) is 2.89. The van der Waals surface area contributed by atoms with E-state index in [1.54, 1.807) is 6.92 Å². The summed E-state index contributed by atoms with van der Waals surface area (Å²) in [5, 5.41) is 9.24. The lowest BCUT2D eigenvalue weighted by Gasteiger charge is -1.94. The van der Waals surface area contributed by atoms with E-state index < -0.39 is 9.05 Å². The Kier molecular flexibility index (Phi) is 3.40. The van der Waals surface area contributed by atoms with Crippen molar-refractivity contribution in [2.24, 2.45) is 0 Å². The molecule has 1 aromatic heterocycles. The van der Waals surface area contributed by atoms with Crippen LogP contribution in [0.25, 0.3) is 0 Å². The van der Waals surface area contributed by atoms with Crippen LogP contribution in [0.3, 0.4) is 0 Å². The minimum atomic E-state index is -3.86. The number of halogens is 1. The third-order valence-corrected chi connectivity index (χ3v) is 3.94. The molecule has 0 bridgehead atoms. The van der Waals surface area contributed by atoms with E-state index in [1.165, 1.54) is 0 Å². The van der Waals surface area contributed by atoms with Crippen molar-refractivity contribution in [2.45, 2.75) is 17.7 Å². The Balaban J connectivity index is 2.84. The molecule has 0 atom stereocenters. The molecule has 9 heteroatoms. The maximum absolute atomic E-state index is 10.9. The molecule has 0 aliphatic rings. The maximum Gasteiger partial charge on any atom is 0.290 e. The van der Waals surface area contributed by atoms with Crippen LogP contribution in [-0.4, -0.2) is 24.5 Å². The average molecular weight is 256 g/mol. The molecule has 0 unspecified atom stereocenters. The largest absolute Gasteiger partial charge is 0.301 e. The van der Waals surface area contributed by atoms with E-state index >= 15 is 0 Å². The highest BCUT2D eigenvalue weighted by Gasteiger charge is 2.17. The summed E-state index contributed by atoms with van der Waals surface area (Å²) in [7, 11) is 1.15. The molecule has 1 aromatic rings. The van der Waals surface area contributed by atoms with E-state index in [9.17, 15) is 13.2 Å². The number of carbonyl (C=O) groups excluding carboxylic acids is 1. The van der Waals surface area contributed by atoms with Crippen LogP contribution in [0.5, 0.6) is 0 Å². The van der Waals surface area contributed by atoms with Crippen LogP contribution >= 0.6 is 22.0 Å². The van der Waals surface area contributed by atoms with Crippen molar-refractivity contribution < 1.29 is 13.2 Å². The highest BCUT2D eigenvalue weighted by atomic mass is 35.7. The quantitative estimate of drug-likeness (QED) is 0.638. The Bertz CT molecular complexity index is 441. The first kappa shape index (κ1) is 11.3. The molecule has 1 amide bonds. The zero-order valence-corrected chi connectivity index (χ0v) is 9.41. The van der Waals surface area contributed by atoms with Crippen LogP contribution in [0.1, 0.15) is 13.3 Å². The SMILES string of the molecule is CCC(=O)Nc1nnc(S(=O)(=O)Cl)s1. The van der Waals surface area contributed by atoms with Crippen LogP contribution < -0.4 is 5.32 Å². The van der Waals surface area contributed by atoms with Crippen molar-refractivity contribution in [1.29, 1.82) is 0 Å². The van der Waals surface area contributed by atoms with E-state index in [2.05, 4.69) is 15.5 Å². The fourth-order valence-electron chi connectivity index (χ4n) is 0.566. The van der Waals surface area contributed by atoms with Gasteiger partial charge < -0.3 is 5.32 Å². The molecule has 0 aliphatic heterocycles. The summed E-state index contributed by atoms with van der Waals surface area (Å²) in [6, 6.07) is 0. The normalized spacial score (nSPS) is 11.3. The molecular weight excluding hydrogens is 250 g/mol. The van der Waals surface area contributed by atoms with Crippen molar-refractivity contribution in [3.8, 4) is 0 Å². The molecule has 0 radical (unpaired) electrons. The number of aromatic nitrogens is 2. The van der Waals surface area contributed by atoms with E-state index in [-0.39, 0.29) is 21.8 Å². The van der Waals surface area contributed by atoms with Gasteiger partial charge in [-0.15, -0.1) is 10.2 Å². The lowest BCUT2D eigenvalue weighted by atomic mass is 10.5. The van der Waals surface area contributed by atoms with Gasteiger partial charge in [0.1, 0.15) is 0 Å². The standard InChI is InChI=1S/C5H6ClN3O3S2/c1-2-3(10)7-4-8-9-5(13-4)14(6,11)12/h2H2,1H3,(H,7,8,10). The number of hydrogen-bond donors (Lipinski definition) is 1. The maximum atomic E-state index is 10.9. The minimum absolute atomic E-state index is 0.121. The second-order valence-electron chi connectivity index (χ2n) is 2.21. The Morgan fingerprint density at radius 3 is 2.64 bits per heavy atom. The first-order valence-electron chi connectivity index (χ1n) is 3.51. The molecule has 6 nitrogen and oxygen atoms in total. The van der Waals surface area contributed by atoms with Crippen LogP contribution in [0.4, 0.5) is 5.13 Å². The van der Waals surface area contributed by atoms with Gasteiger partial charge in [0, 0.05) is 17.1 Å². The monoisotopic (exact) mass is 255 g/mol. The van der Waals surface area contributed by atoms with Gasteiger partial charge in [-0.25, -0.2) is 8.42 Å². The van der Waals surface area contributed by atoms with E-state index in [0.717, 1.165) is 0 Å². The number of amides is 1. The summed E-state index contributed by atoms with van der Waals surface area (Å²) < 4.78 is 21.2. The summed E-state index contributed by atoms with van der Waals surface area (Å²) in [6.45, 7) is 1.66. The van der Waals surface area contributed by atoms with Crippen molar-refractivity contribution in [3.05, 3.63) is 0 Å². The lowest BCUT2D eigenvalue weighted by molar-refractivity contribution is -0.115. The van der Waals surface area contributed by atoms with Gasteiger partial charge in [0.15, 0.2) is 0 Å². The van der Waals surface area contributed by atoms with Gasteiger partial charge in [-0.1, -0.05) is 18.3 Å². The number of nitrogens with one attached hydrogen (secondary N) is 1. The molecule has 1 N–H and O–H groups in total. The predicted molar refractivity (Wildman–Crippen MR) is 51.9 cm³/mol. The second kappa shape index (κ2) is 4.20. The van der Waals surface area contributed by atoms with Gasteiger partial charge >= 0.3 is 0 Å². The molecule has 0 aliphatic carbocycles. The molecule has 0 saturated heterocycles. The third-order valence-electron chi connectivity index (χ3n) is 1.18. The molecule has 14 heavy (non-hydrogen) atoms. The zero-order chi connectivity index (χ0) is 10.8. The van der Waals surface area contributed by atoms with Gasteiger partial charge in [-0.3, -0.25) is 4.79 Å². The van der Waals surface area contributed by atoms with Crippen LogP contribution in [0, 0.1) is 0 Å². The first-order valence-corrected chi connectivity index (χ1v) is 6.64. The number of hydrogen-bond acceptors (Lipinski definition) is 6. The Hall–Kier alpha value is -0.730. The first-order chi connectivity index (χ1) is 6.43. The zero-order valence-electron chi connectivity index (χ0n) is 7.02. The smallest absolute Gasteiger partial charge is 0.290 e. The summed E-state index contributed by atoms with van der Waals surface area (Å²) in [6.07, 6.45) is 0.280. The highest BCUT2D eigenvalue weighted by molar-refractivity contribution is 8.15. The van der Waals surface area contributed by atoms with Crippen molar-refractivity contribution in [1.82, 2.24) is 10.2 Å². The predicted octanol–water partition coefficient (Wildman–Crippen LogP) is 0.814. The second-order valence-corrected chi connectivity index (χ2v) is 5.93. The van der Waals surface area contributed by atoms with Crippen LogP contribution in [0.15, 0.2) is 4.34 Å². The number of rotatable bonds is 3. The molecule has 1 heterocycles. The van der Waals surface area contributed by atoms with E-state index in [4.69, 9.17) is 10.7 Å². The molecule has 0 aromatic carbocycles. The van der Waals surface area contributed by atoms with Gasteiger partial charge in [0.2, 0.25) is 15.4 Å². The summed E-state index contributed by atoms with van der Waals surface area (Å²) in [5.41, 5.74) is 0. The summed E-state index contributed by atoms with van der Waals surface area (Å²) in [4.78, 5) is 10.9. The van der Waals surface area contributed by atoms with Crippen LogP contribution in [0.2, 0.25) is 0 Å². The molecule has 78 valence electrons.